The van der Waals surface area contributed by atoms with E-state index in [4.69, 9.17) is 0 Å². The van der Waals surface area contributed by atoms with Gasteiger partial charge in [-0.15, -0.1) is 0 Å². The van der Waals surface area contributed by atoms with Gasteiger partial charge in [-0.3, -0.25) is 0 Å². The standard InChI is InChI=1S/C8H9F3IN3/c1-2-15(5-8(9,10)11)7-13-3-6(12)4-14-7/h3-4H,2,5H2,1H3. The van der Waals surface area contributed by atoms with Crippen molar-refractivity contribution < 1.29 is 13.2 Å². The van der Waals surface area contributed by atoms with Gasteiger partial charge in [0, 0.05) is 22.5 Å². The highest BCUT2D eigenvalue weighted by Crippen LogP contribution is 2.19. The van der Waals surface area contributed by atoms with E-state index in [9.17, 15) is 13.2 Å². The summed E-state index contributed by atoms with van der Waals surface area (Å²) in [7, 11) is 0. The van der Waals surface area contributed by atoms with Crippen LogP contribution in [0.2, 0.25) is 0 Å². The number of nitrogens with zero attached hydrogens (tertiary/aromatic N) is 3. The second-order valence-electron chi connectivity index (χ2n) is 2.83. The number of hydrogen-bond acceptors (Lipinski definition) is 3. The van der Waals surface area contributed by atoms with Gasteiger partial charge in [0.05, 0.1) is 0 Å². The maximum atomic E-state index is 12.2. The van der Waals surface area contributed by atoms with Crippen LogP contribution in [0.1, 0.15) is 6.92 Å². The monoisotopic (exact) mass is 331 g/mol. The lowest BCUT2D eigenvalue weighted by molar-refractivity contribution is -0.119. The highest BCUT2D eigenvalue weighted by Gasteiger charge is 2.31. The van der Waals surface area contributed by atoms with E-state index >= 15 is 0 Å². The molecule has 1 aromatic rings. The Morgan fingerprint density at radius 3 is 2.27 bits per heavy atom. The molecule has 0 aliphatic heterocycles. The molecule has 3 nitrogen and oxygen atoms in total. The normalized spacial score (nSPS) is 11.5. The zero-order valence-electron chi connectivity index (χ0n) is 7.92. The van der Waals surface area contributed by atoms with Crippen LogP contribution in [-0.4, -0.2) is 29.2 Å². The van der Waals surface area contributed by atoms with Crippen LogP contribution in [0.4, 0.5) is 19.1 Å². The van der Waals surface area contributed by atoms with Crippen molar-refractivity contribution in [1.29, 1.82) is 0 Å². The van der Waals surface area contributed by atoms with Crippen molar-refractivity contribution in [1.82, 2.24) is 9.97 Å². The Bertz CT molecular complexity index is 312. The molecule has 0 saturated heterocycles. The SMILES string of the molecule is CCN(CC(F)(F)F)c1ncc(I)cn1. The summed E-state index contributed by atoms with van der Waals surface area (Å²) in [5, 5.41) is 0. The summed E-state index contributed by atoms with van der Waals surface area (Å²) in [5.41, 5.74) is 0. The van der Waals surface area contributed by atoms with Crippen LogP contribution in [0.15, 0.2) is 12.4 Å². The highest BCUT2D eigenvalue weighted by atomic mass is 127. The van der Waals surface area contributed by atoms with Crippen molar-refractivity contribution in [2.24, 2.45) is 0 Å². The van der Waals surface area contributed by atoms with Crippen molar-refractivity contribution in [2.45, 2.75) is 13.1 Å². The average molecular weight is 331 g/mol. The summed E-state index contributed by atoms with van der Waals surface area (Å²) >= 11 is 1.99. The molecule has 0 amide bonds. The minimum absolute atomic E-state index is 0.107. The molecule has 0 bridgehead atoms. The third-order valence-electron chi connectivity index (χ3n) is 1.64. The Kier molecular flexibility index (Phi) is 4.12. The van der Waals surface area contributed by atoms with Gasteiger partial charge >= 0.3 is 6.18 Å². The second kappa shape index (κ2) is 4.95. The molecule has 0 unspecified atom stereocenters. The summed E-state index contributed by atoms with van der Waals surface area (Å²) in [6.07, 6.45) is -1.26. The molecule has 7 heteroatoms. The van der Waals surface area contributed by atoms with Crippen LogP contribution in [-0.2, 0) is 0 Å². The van der Waals surface area contributed by atoms with Crippen LogP contribution in [0.25, 0.3) is 0 Å². The van der Waals surface area contributed by atoms with Gasteiger partial charge in [-0.25, -0.2) is 9.97 Å². The summed E-state index contributed by atoms with van der Waals surface area (Å²) in [6, 6.07) is 0. The molecule has 1 rings (SSSR count). The lowest BCUT2D eigenvalue weighted by Gasteiger charge is -2.21. The number of aromatic nitrogens is 2. The van der Waals surface area contributed by atoms with Gasteiger partial charge in [-0.1, -0.05) is 0 Å². The van der Waals surface area contributed by atoms with Crippen LogP contribution in [0.3, 0.4) is 0 Å². The molecule has 0 aromatic carbocycles. The van der Waals surface area contributed by atoms with Crippen molar-refractivity contribution in [2.75, 3.05) is 18.0 Å². The molecule has 1 heterocycles. The highest BCUT2D eigenvalue weighted by molar-refractivity contribution is 14.1. The van der Waals surface area contributed by atoms with Crippen molar-refractivity contribution in [3.63, 3.8) is 0 Å². The van der Waals surface area contributed by atoms with Crippen LogP contribution in [0, 0.1) is 3.57 Å². The van der Waals surface area contributed by atoms with E-state index < -0.39 is 12.7 Å². The minimum Gasteiger partial charge on any atom is -0.332 e. The first-order valence-electron chi connectivity index (χ1n) is 4.21. The van der Waals surface area contributed by atoms with E-state index in [2.05, 4.69) is 9.97 Å². The van der Waals surface area contributed by atoms with Gasteiger partial charge < -0.3 is 4.90 Å². The van der Waals surface area contributed by atoms with Crippen LogP contribution >= 0.6 is 22.6 Å². The number of anilines is 1. The fourth-order valence-corrected chi connectivity index (χ4v) is 1.29. The van der Waals surface area contributed by atoms with E-state index in [1.165, 1.54) is 12.4 Å². The van der Waals surface area contributed by atoms with Gasteiger partial charge in [-0.2, -0.15) is 13.2 Å². The summed E-state index contributed by atoms with van der Waals surface area (Å²) in [5.74, 6) is 0.107. The third-order valence-corrected chi connectivity index (χ3v) is 2.20. The van der Waals surface area contributed by atoms with E-state index in [1.54, 1.807) is 6.92 Å². The predicted molar refractivity (Wildman–Crippen MR) is 58.7 cm³/mol. The smallest absolute Gasteiger partial charge is 0.332 e. The maximum Gasteiger partial charge on any atom is 0.406 e. The fourth-order valence-electron chi connectivity index (χ4n) is 1.01. The number of hydrogen-bond donors (Lipinski definition) is 0. The lowest BCUT2D eigenvalue weighted by atomic mass is 10.5. The topological polar surface area (TPSA) is 29.0 Å². The van der Waals surface area contributed by atoms with Gasteiger partial charge in [0.15, 0.2) is 0 Å². The van der Waals surface area contributed by atoms with Gasteiger partial charge in [-0.05, 0) is 29.5 Å². The third kappa shape index (κ3) is 4.18. The fraction of sp³-hybridized carbons (Fsp3) is 0.500. The van der Waals surface area contributed by atoms with E-state index in [0.29, 0.717) is 0 Å². The molecule has 15 heavy (non-hydrogen) atoms. The van der Waals surface area contributed by atoms with Gasteiger partial charge in [0.25, 0.3) is 0 Å². The molecule has 0 fully saturated rings. The van der Waals surface area contributed by atoms with Crippen molar-refractivity contribution >= 4 is 28.5 Å². The molecule has 0 saturated carbocycles. The summed E-state index contributed by atoms with van der Waals surface area (Å²) < 4.78 is 37.3. The van der Waals surface area contributed by atoms with Crippen LogP contribution in [0.5, 0.6) is 0 Å². The quantitative estimate of drug-likeness (QED) is 0.797. The first-order chi connectivity index (χ1) is 6.92. The molecule has 0 spiro atoms. The molecule has 0 radical (unpaired) electrons. The first-order valence-corrected chi connectivity index (χ1v) is 5.29. The number of alkyl halides is 3. The Morgan fingerprint density at radius 2 is 1.87 bits per heavy atom. The molecule has 84 valence electrons. The summed E-state index contributed by atoms with van der Waals surface area (Å²) in [4.78, 5) is 8.76. The first kappa shape index (κ1) is 12.5. The van der Waals surface area contributed by atoms with Crippen LogP contribution < -0.4 is 4.90 Å². The summed E-state index contributed by atoms with van der Waals surface area (Å²) in [6.45, 7) is 0.831. The van der Waals surface area contributed by atoms with Gasteiger partial charge in [0.2, 0.25) is 5.95 Å². The Morgan fingerprint density at radius 1 is 1.33 bits per heavy atom. The Labute approximate surface area is 98.8 Å². The molecule has 0 aliphatic carbocycles. The average Bonchev–Trinajstić information content (AvgIpc) is 2.14. The molecule has 0 N–H and O–H groups in total. The van der Waals surface area contributed by atoms with Crippen molar-refractivity contribution in [3.05, 3.63) is 16.0 Å². The molecular formula is C8H9F3IN3. The number of halogens is 4. The second-order valence-corrected chi connectivity index (χ2v) is 4.08. The Balaban J connectivity index is 2.79. The van der Waals surface area contributed by atoms with Crippen molar-refractivity contribution in [3.8, 4) is 0 Å². The van der Waals surface area contributed by atoms with E-state index in [1.807, 2.05) is 22.6 Å². The molecule has 0 atom stereocenters. The maximum absolute atomic E-state index is 12.2. The Hall–Kier alpha value is -0.600. The van der Waals surface area contributed by atoms with Gasteiger partial charge in [0.1, 0.15) is 6.54 Å². The zero-order valence-corrected chi connectivity index (χ0v) is 10.1. The predicted octanol–water partition coefficient (Wildman–Crippen LogP) is 2.47. The lowest BCUT2D eigenvalue weighted by Crippen LogP contribution is -2.35. The largest absolute Gasteiger partial charge is 0.406 e. The van der Waals surface area contributed by atoms with E-state index in [-0.39, 0.29) is 12.5 Å². The molecular weight excluding hydrogens is 322 g/mol. The minimum atomic E-state index is -4.23. The molecule has 0 aliphatic rings. The molecule has 1 aromatic heterocycles. The number of rotatable bonds is 3. The zero-order chi connectivity index (χ0) is 11.5. The van der Waals surface area contributed by atoms with E-state index in [0.717, 1.165) is 8.47 Å².